The van der Waals surface area contributed by atoms with Gasteiger partial charge in [-0.3, -0.25) is 0 Å². The van der Waals surface area contributed by atoms with Crippen LogP contribution >= 0.6 is 0 Å². The first-order chi connectivity index (χ1) is 11.1. The van der Waals surface area contributed by atoms with Crippen LogP contribution in [-0.2, 0) is 0 Å². The highest BCUT2D eigenvalue weighted by Crippen LogP contribution is 2.59. The summed E-state index contributed by atoms with van der Waals surface area (Å²) < 4.78 is 29.8. The number of aliphatic hydroxyl groups excluding tert-OH is 1. The quantitative estimate of drug-likeness (QED) is 0.668. The highest BCUT2D eigenvalue weighted by molar-refractivity contribution is 5.03. The second kappa shape index (κ2) is 7.19. The van der Waals surface area contributed by atoms with Crippen LogP contribution in [0.2, 0.25) is 0 Å². The zero-order chi connectivity index (χ0) is 18.2. The number of hydrogen-bond acceptors (Lipinski definition) is 2. The van der Waals surface area contributed by atoms with E-state index in [1.807, 2.05) is 13.8 Å². The van der Waals surface area contributed by atoms with Gasteiger partial charge in [-0.15, -0.1) is 0 Å². The molecule has 0 unspecified atom stereocenters. The van der Waals surface area contributed by atoms with Crippen LogP contribution in [0, 0.1) is 23.2 Å². The zero-order valence-electron chi connectivity index (χ0n) is 15.8. The van der Waals surface area contributed by atoms with Gasteiger partial charge in [0, 0.05) is 12.3 Å². The molecule has 24 heavy (non-hydrogen) atoms. The largest absolute Gasteiger partial charge is 0.393 e. The molecule has 0 aromatic rings. The summed E-state index contributed by atoms with van der Waals surface area (Å²) in [5.41, 5.74) is -1.13. The maximum Gasteiger partial charge on any atom is 0.251 e. The van der Waals surface area contributed by atoms with Gasteiger partial charge in [0.05, 0.1) is 11.7 Å². The summed E-state index contributed by atoms with van der Waals surface area (Å²) in [4.78, 5) is 0. The van der Waals surface area contributed by atoms with E-state index in [0.717, 1.165) is 32.1 Å². The fraction of sp³-hybridized carbons (Fsp3) is 1.00. The van der Waals surface area contributed by atoms with E-state index < -0.39 is 17.4 Å². The number of aliphatic hydroxyl groups is 2. The molecule has 2 rings (SSSR count). The molecule has 0 radical (unpaired) electrons. The van der Waals surface area contributed by atoms with E-state index in [1.54, 1.807) is 6.92 Å². The Bertz CT molecular complexity index is 422. The molecule has 0 saturated heterocycles. The minimum Gasteiger partial charge on any atom is -0.393 e. The minimum absolute atomic E-state index is 0.0382. The molecule has 0 bridgehead atoms. The normalized spacial score (nSPS) is 35.8. The molecule has 0 aromatic heterocycles. The van der Waals surface area contributed by atoms with Gasteiger partial charge in [0.2, 0.25) is 0 Å². The van der Waals surface area contributed by atoms with Crippen molar-refractivity contribution in [3.05, 3.63) is 0 Å². The zero-order valence-corrected chi connectivity index (χ0v) is 15.8. The summed E-state index contributed by atoms with van der Waals surface area (Å²) in [5.74, 6) is -3.32. The van der Waals surface area contributed by atoms with Crippen LogP contribution in [0.15, 0.2) is 0 Å². The van der Waals surface area contributed by atoms with E-state index in [9.17, 15) is 19.0 Å². The number of alkyl halides is 2. The summed E-state index contributed by atoms with van der Waals surface area (Å²) in [5, 5.41) is 20.6. The highest BCUT2D eigenvalue weighted by atomic mass is 19.3. The van der Waals surface area contributed by atoms with Crippen molar-refractivity contribution in [2.45, 2.75) is 103 Å². The van der Waals surface area contributed by atoms with E-state index in [0.29, 0.717) is 12.8 Å². The standard InChI is InChI=1S/C20H36F2O2/c1-5-19(24,6-2)12-13-20(21,22)14(3)15-9-10-16-17(23)8-7-11-18(15,16)4/h14-17,23-24H,5-13H2,1-4H3/t14-,15+,16-,17-,18+/m0/s1. The fourth-order valence-electron chi connectivity index (χ4n) is 5.54. The van der Waals surface area contributed by atoms with Gasteiger partial charge in [0.25, 0.3) is 5.92 Å². The van der Waals surface area contributed by atoms with E-state index in [2.05, 4.69) is 6.92 Å². The Labute approximate surface area is 146 Å². The summed E-state index contributed by atoms with van der Waals surface area (Å²) in [7, 11) is 0. The molecule has 5 atom stereocenters. The van der Waals surface area contributed by atoms with Gasteiger partial charge in [0.15, 0.2) is 0 Å². The van der Waals surface area contributed by atoms with Gasteiger partial charge in [-0.2, -0.15) is 0 Å². The number of rotatable bonds is 7. The van der Waals surface area contributed by atoms with Crippen LogP contribution in [0.5, 0.6) is 0 Å². The van der Waals surface area contributed by atoms with Gasteiger partial charge < -0.3 is 10.2 Å². The van der Waals surface area contributed by atoms with Gasteiger partial charge >= 0.3 is 0 Å². The molecule has 0 spiro atoms. The third-order valence-electron chi connectivity index (χ3n) is 7.67. The van der Waals surface area contributed by atoms with Crippen LogP contribution in [0.4, 0.5) is 8.78 Å². The molecule has 0 heterocycles. The Balaban J connectivity index is 2.08. The van der Waals surface area contributed by atoms with Crippen LogP contribution < -0.4 is 0 Å². The van der Waals surface area contributed by atoms with Crippen LogP contribution in [0.3, 0.4) is 0 Å². The highest BCUT2D eigenvalue weighted by Gasteiger charge is 2.56. The Morgan fingerprint density at radius 2 is 1.75 bits per heavy atom. The first-order valence-corrected chi connectivity index (χ1v) is 9.88. The second-order valence-corrected chi connectivity index (χ2v) is 8.74. The van der Waals surface area contributed by atoms with E-state index in [-0.39, 0.29) is 36.2 Å². The molecule has 2 fully saturated rings. The van der Waals surface area contributed by atoms with Crippen LogP contribution in [-0.4, -0.2) is 27.8 Å². The third kappa shape index (κ3) is 3.65. The third-order valence-corrected chi connectivity index (χ3v) is 7.67. The summed E-state index contributed by atoms with van der Waals surface area (Å²) >= 11 is 0. The average molecular weight is 347 g/mol. The van der Waals surface area contributed by atoms with Crippen LogP contribution in [0.1, 0.15) is 85.5 Å². The van der Waals surface area contributed by atoms with Gasteiger partial charge in [0.1, 0.15) is 0 Å². The molecule has 0 amide bonds. The monoisotopic (exact) mass is 346 g/mol. The molecule has 4 heteroatoms. The molecule has 2 saturated carbocycles. The molecule has 2 N–H and O–H groups in total. The Kier molecular flexibility index (Phi) is 6.02. The summed E-state index contributed by atoms with van der Waals surface area (Å²) in [6, 6.07) is 0. The van der Waals surface area contributed by atoms with Crippen molar-refractivity contribution in [1.29, 1.82) is 0 Å². The van der Waals surface area contributed by atoms with E-state index in [1.165, 1.54) is 0 Å². The average Bonchev–Trinajstić information content (AvgIpc) is 2.90. The van der Waals surface area contributed by atoms with Gasteiger partial charge in [-0.25, -0.2) is 8.78 Å². The topological polar surface area (TPSA) is 40.5 Å². The molecule has 142 valence electrons. The van der Waals surface area contributed by atoms with Gasteiger partial charge in [-0.05, 0) is 62.2 Å². The lowest BCUT2D eigenvalue weighted by Crippen LogP contribution is -2.45. The van der Waals surface area contributed by atoms with Crippen molar-refractivity contribution in [2.75, 3.05) is 0 Å². The van der Waals surface area contributed by atoms with Gasteiger partial charge in [-0.1, -0.05) is 34.1 Å². The lowest BCUT2D eigenvalue weighted by Gasteiger charge is -2.46. The Morgan fingerprint density at radius 3 is 2.33 bits per heavy atom. The van der Waals surface area contributed by atoms with Crippen molar-refractivity contribution in [1.82, 2.24) is 0 Å². The predicted molar refractivity (Wildman–Crippen MR) is 93.1 cm³/mol. The molecule has 2 nitrogen and oxygen atoms in total. The predicted octanol–water partition coefficient (Wildman–Crippen LogP) is 5.17. The second-order valence-electron chi connectivity index (χ2n) is 8.74. The lowest BCUT2D eigenvalue weighted by atomic mass is 9.61. The van der Waals surface area contributed by atoms with Crippen molar-refractivity contribution < 1.29 is 19.0 Å². The van der Waals surface area contributed by atoms with E-state index >= 15 is 0 Å². The van der Waals surface area contributed by atoms with Crippen molar-refractivity contribution in [3.8, 4) is 0 Å². The van der Waals surface area contributed by atoms with Crippen LogP contribution in [0.25, 0.3) is 0 Å². The maximum absolute atomic E-state index is 14.9. The first kappa shape index (κ1) is 20.1. The summed E-state index contributed by atoms with van der Waals surface area (Å²) in [6.45, 7) is 7.53. The smallest absolute Gasteiger partial charge is 0.251 e. The van der Waals surface area contributed by atoms with E-state index in [4.69, 9.17) is 0 Å². The number of fused-ring (bicyclic) bond motifs is 1. The first-order valence-electron chi connectivity index (χ1n) is 9.88. The molecule has 0 aromatic carbocycles. The molecule has 2 aliphatic rings. The Hall–Kier alpha value is -0.220. The number of hydrogen-bond donors (Lipinski definition) is 2. The van der Waals surface area contributed by atoms with Crippen molar-refractivity contribution in [3.63, 3.8) is 0 Å². The summed E-state index contributed by atoms with van der Waals surface area (Å²) in [6.07, 6.45) is 5.00. The number of halogens is 2. The molecular weight excluding hydrogens is 310 g/mol. The van der Waals surface area contributed by atoms with Crippen molar-refractivity contribution in [2.24, 2.45) is 23.2 Å². The van der Waals surface area contributed by atoms with Crippen molar-refractivity contribution >= 4 is 0 Å². The molecule has 2 aliphatic carbocycles. The Morgan fingerprint density at radius 1 is 1.12 bits per heavy atom. The molecule has 0 aliphatic heterocycles. The maximum atomic E-state index is 14.9. The SMILES string of the molecule is CCC(O)(CC)CCC(F)(F)[C@@H](C)[C@H]1CC[C@H]2[C@@H](O)CCC[C@]12C. The minimum atomic E-state index is -2.76. The fourth-order valence-corrected chi connectivity index (χ4v) is 5.54. The lowest BCUT2D eigenvalue weighted by molar-refractivity contribution is -0.123. The molecular formula is C20H36F2O2.